The summed E-state index contributed by atoms with van der Waals surface area (Å²) >= 11 is 0. The van der Waals surface area contributed by atoms with Crippen molar-refractivity contribution in [1.82, 2.24) is 9.38 Å². The number of carbonyl (C=O) groups is 1. The highest BCUT2D eigenvalue weighted by molar-refractivity contribution is 6.04. The number of aromatic nitrogens is 2. The topological polar surface area (TPSA) is 89.8 Å². The van der Waals surface area contributed by atoms with Crippen LogP contribution >= 0.6 is 0 Å². The van der Waals surface area contributed by atoms with Gasteiger partial charge >= 0.3 is 0 Å². The van der Waals surface area contributed by atoms with Crippen molar-refractivity contribution in [3.63, 3.8) is 0 Å². The van der Waals surface area contributed by atoms with Crippen molar-refractivity contribution in [3.8, 4) is 5.75 Å². The lowest BCUT2D eigenvalue weighted by Crippen LogP contribution is -1.98. The predicted molar refractivity (Wildman–Crippen MR) is 94.5 cm³/mol. The summed E-state index contributed by atoms with van der Waals surface area (Å²) in [7, 11) is 1.65. The number of hydrogen-bond acceptors (Lipinski definition) is 4. The fraction of sp³-hybridized carbons (Fsp3) is 0.111. The van der Waals surface area contributed by atoms with E-state index < -0.39 is 5.97 Å². The van der Waals surface area contributed by atoms with Crippen LogP contribution in [0.2, 0.25) is 0 Å². The van der Waals surface area contributed by atoms with Gasteiger partial charge in [-0.3, -0.25) is 4.79 Å². The number of anilines is 1. The van der Waals surface area contributed by atoms with Gasteiger partial charge in [0.1, 0.15) is 11.6 Å². The Kier molecular flexibility index (Phi) is 3.95. The van der Waals surface area contributed by atoms with Crippen molar-refractivity contribution in [2.24, 2.45) is 0 Å². The van der Waals surface area contributed by atoms with Gasteiger partial charge < -0.3 is 20.0 Å². The van der Waals surface area contributed by atoms with E-state index in [0.29, 0.717) is 5.82 Å². The first-order valence-corrected chi connectivity index (χ1v) is 7.34. The number of rotatable bonds is 1. The SMILES string of the molecule is CC(=O)O.COc1ccc2c(c1)nc(N)c1c3ccccc3cn21. The highest BCUT2D eigenvalue weighted by Gasteiger charge is 2.11. The first-order chi connectivity index (χ1) is 11.5. The molecule has 4 rings (SSSR count). The Balaban J connectivity index is 0.000000383. The number of nitrogens with zero attached hydrogens (tertiary/aromatic N) is 2. The molecule has 0 atom stereocenters. The van der Waals surface area contributed by atoms with E-state index in [1.807, 2.05) is 30.3 Å². The Morgan fingerprint density at radius 1 is 1.25 bits per heavy atom. The normalized spacial score (nSPS) is 10.6. The number of carboxylic acid groups (broad SMARTS) is 1. The number of aliphatic carboxylic acids is 1. The molecule has 4 aromatic rings. The summed E-state index contributed by atoms with van der Waals surface area (Å²) in [6.45, 7) is 1.08. The fourth-order valence-corrected chi connectivity index (χ4v) is 2.72. The van der Waals surface area contributed by atoms with Gasteiger partial charge in [0, 0.05) is 30.0 Å². The standard InChI is InChI=1S/C16H13N3O.C2H4O2/c1-20-11-6-7-14-13(8-11)18-16(17)15-12-5-3-2-4-10(12)9-19(14)15;1-2(3)4/h2-9H,1H3,(H2,17,18);1H3,(H,3,4). The van der Waals surface area contributed by atoms with Gasteiger partial charge in [0.25, 0.3) is 5.97 Å². The first-order valence-electron chi connectivity index (χ1n) is 7.34. The minimum atomic E-state index is -0.833. The Labute approximate surface area is 138 Å². The van der Waals surface area contributed by atoms with Crippen LogP contribution in [-0.4, -0.2) is 27.6 Å². The number of carboxylic acids is 1. The third-order valence-corrected chi connectivity index (χ3v) is 3.65. The quantitative estimate of drug-likeness (QED) is 0.561. The van der Waals surface area contributed by atoms with E-state index in [1.165, 1.54) is 0 Å². The Morgan fingerprint density at radius 2 is 1.96 bits per heavy atom. The second-order valence-corrected chi connectivity index (χ2v) is 5.31. The van der Waals surface area contributed by atoms with Crippen LogP contribution in [0.25, 0.3) is 27.3 Å². The van der Waals surface area contributed by atoms with Crippen LogP contribution in [0.15, 0.2) is 48.7 Å². The van der Waals surface area contributed by atoms with Crippen LogP contribution in [0.1, 0.15) is 6.92 Å². The Morgan fingerprint density at radius 3 is 2.67 bits per heavy atom. The van der Waals surface area contributed by atoms with E-state index in [4.69, 9.17) is 20.4 Å². The van der Waals surface area contributed by atoms with Gasteiger partial charge in [-0.25, -0.2) is 4.98 Å². The van der Waals surface area contributed by atoms with Crippen molar-refractivity contribution in [2.45, 2.75) is 6.92 Å². The van der Waals surface area contributed by atoms with E-state index in [0.717, 1.165) is 40.0 Å². The van der Waals surface area contributed by atoms with Crippen LogP contribution in [-0.2, 0) is 4.79 Å². The molecule has 2 aromatic heterocycles. The molecule has 2 heterocycles. The molecule has 6 heteroatoms. The number of hydrogen-bond donors (Lipinski definition) is 2. The summed E-state index contributed by atoms with van der Waals surface area (Å²) in [5, 5.41) is 9.69. The number of ether oxygens (including phenoxy) is 1. The van der Waals surface area contributed by atoms with Crippen molar-refractivity contribution in [3.05, 3.63) is 48.7 Å². The van der Waals surface area contributed by atoms with Gasteiger partial charge in [0.05, 0.1) is 23.7 Å². The highest BCUT2D eigenvalue weighted by Crippen LogP contribution is 2.30. The average Bonchev–Trinajstić information content (AvgIpc) is 2.94. The lowest BCUT2D eigenvalue weighted by atomic mass is 10.2. The van der Waals surface area contributed by atoms with Crippen LogP contribution in [0, 0.1) is 0 Å². The summed E-state index contributed by atoms with van der Waals surface area (Å²) in [4.78, 5) is 13.5. The van der Waals surface area contributed by atoms with E-state index in [9.17, 15) is 0 Å². The van der Waals surface area contributed by atoms with Crippen molar-refractivity contribution in [1.29, 1.82) is 0 Å². The molecule has 24 heavy (non-hydrogen) atoms. The zero-order valence-electron chi connectivity index (χ0n) is 13.4. The zero-order chi connectivity index (χ0) is 17.3. The van der Waals surface area contributed by atoms with Gasteiger partial charge in [0.15, 0.2) is 0 Å². The molecule has 0 saturated carbocycles. The molecule has 0 bridgehead atoms. The Hall–Kier alpha value is -3.28. The number of nitrogen functional groups attached to an aromatic ring is 1. The van der Waals surface area contributed by atoms with Gasteiger partial charge in [-0.1, -0.05) is 24.3 Å². The van der Waals surface area contributed by atoms with Crippen LogP contribution in [0.5, 0.6) is 5.75 Å². The van der Waals surface area contributed by atoms with E-state index >= 15 is 0 Å². The molecule has 2 aromatic carbocycles. The summed E-state index contributed by atoms with van der Waals surface area (Å²) in [5.74, 6) is 0.479. The molecule has 0 saturated heterocycles. The fourth-order valence-electron chi connectivity index (χ4n) is 2.72. The molecule has 0 aliphatic carbocycles. The maximum absolute atomic E-state index is 9.00. The second-order valence-electron chi connectivity index (χ2n) is 5.31. The second kappa shape index (κ2) is 6.08. The number of benzene rings is 2. The lowest BCUT2D eigenvalue weighted by molar-refractivity contribution is -0.134. The van der Waals surface area contributed by atoms with Gasteiger partial charge in [-0.05, 0) is 12.1 Å². The molecule has 3 N–H and O–H groups in total. The van der Waals surface area contributed by atoms with Crippen LogP contribution < -0.4 is 10.5 Å². The lowest BCUT2D eigenvalue weighted by Gasteiger charge is -2.07. The minimum absolute atomic E-state index is 0.534. The van der Waals surface area contributed by atoms with Crippen LogP contribution in [0.3, 0.4) is 0 Å². The zero-order valence-corrected chi connectivity index (χ0v) is 13.4. The first kappa shape index (κ1) is 15.6. The van der Waals surface area contributed by atoms with E-state index in [-0.39, 0.29) is 0 Å². The van der Waals surface area contributed by atoms with Crippen molar-refractivity contribution < 1.29 is 14.6 Å². The van der Waals surface area contributed by atoms with Gasteiger partial charge in [-0.2, -0.15) is 0 Å². The summed E-state index contributed by atoms with van der Waals surface area (Å²) in [6, 6.07) is 14.0. The predicted octanol–water partition coefficient (Wildman–Crippen LogP) is 3.32. The number of nitrogens with two attached hydrogens (primary N) is 1. The van der Waals surface area contributed by atoms with E-state index in [1.54, 1.807) is 7.11 Å². The molecule has 0 amide bonds. The molecule has 0 aliphatic rings. The molecular formula is C18H17N3O3. The molecule has 0 unspecified atom stereocenters. The Bertz CT molecular complexity index is 1050. The molecule has 0 aliphatic heterocycles. The monoisotopic (exact) mass is 323 g/mol. The van der Waals surface area contributed by atoms with E-state index in [2.05, 4.69) is 27.7 Å². The van der Waals surface area contributed by atoms with Crippen LogP contribution in [0.4, 0.5) is 5.82 Å². The maximum atomic E-state index is 9.00. The molecular weight excluding hydrogens is 306 g/mol. The summed E-state index contributed by atoms with van der Waals surface area (Å²) in [5.41, 5.74) is 8.96. The van der Waals surface area contributed by atoms with Crippen molar-refractivity contribution in [2.75, 3.05) is 12.8 Å². The van der Waals surface area contributed by atoms with Crippen molar-refractivity contribution >= 4 is 39.1 Å². The molecule has 122 valence electrons. The molecule has 0 radical (unpaired) electrons. The number of methoxy groups -OCH3 is 1. The third kappa shape index (κ3) is 2.69. The smallest absolute Gasteiger partial charge is 0.300 e. The maximum Gasteiger partial charge on any atom is 0.300 e. The minimum Gasteiger partial charge on any atom is -0.497 e. The average molecular weight is 323 g/mol. The third-order valence-electron chi connectivity index (χ3n) is 3.65. The highest BCUT2D eigenvalue weighted by atomic mass is 16.5. The molecule has 6 nitrogen and oxygen atoms in total. The summed E-state index contributed by atoms with van der Waals surface area (Å²) < 4.78 is 7.34. The summed E-state index contributed by atoms with van der Waals surface area (Å²) in [6.07, 6.45) is 2.09. The molecule has 0 spiro atoms. The van der Waals surface area contributed by atoms with Gasteiger partial charge in [-0.15, -0.1) is 0 Å². The van der Waals surface area contributed by atoms with Gasteiger partial charge in [0.2, 0.25) is 0 Å². The largest absolute Gasteiger partial charge is 0.497 e. The number of fused-ring (bicyclic) bond motifs is 5. The molecule has 0 fully saturated rings.